The van der Waals surface area contributed by atoms with Gasteiger partial charge in [0.2, 0.25) is 0 Å². The molecule has 0 bridgehead atoms. The van der Waals surface area contributed by atoms with Gasteiger partial charge in [-0.3, -0.25) is 9.52 Å². The molecule has 0 aliphatic carbocycles. The lowest BCUT2D eigenvalue weighted by molar-refractivity contribution is 0.112. The van der Waals surface area contributed by atoms with E-state index < -0.39 is 15.8 Å². The predicted molar refractivity (Wildman–Crippen MR) is 73.8 cm³/mol. The van der Waals surface area contributed by atoms with E-state index in [0.717, 1.165) is 12.1 Å². The van der Waals surface area contributed by atoms with E-state index in [-0.39, 0.29) is 16.1 Å². The number of aldehydes is 1. The molecular formula is C14H9FN2O3S. The first-order valence-corrected chi connectivity index (χ1v) is 7.22. The number of nitrogens with one attached hydrogen (secondary N) is 1. The molecule has 2 aromatic carbocycles. The average molecular weight is 304 g/mol. The largest absolute Gasteiger partial charge is 0.298 e. The predicted octanol–water partition coefficient (Wildman–Crippen LogP) is 2.31. The van der Waals surface area contributed by atoms with Gasteiger partial charge in [-0.15, -0.1) is 0 Å². The summed E-state index contributed by atoms with van der Waals surface area (Å²) in [7, 11) is -4.00. The summed E-state index contributed by atoms with van der Waals surface area (Å²) in [6.45, 7) is 0. The fourth-order valence-corrected chi connectivity index (χ4v) is 2.66. The van der Waals surface area contributed by atoms with Crippen molar-refractivity contribution in [2.75, 3.05) is 4.72 Å². The molecule has 7 heteroatoms. The first-order chi connectivity index (χ1) is 9.96. The van der Waals surface area contributed by atoms with E-state index in [0.29, 0.717) is 11.8 Å². The maximum absolute atomic E-state index is 13.6. The minimum absolute atomic E-state index is 0.116. The molecule has 0 amide bonds. The summed E-state index contributed by atoms with van der Waals surface area (Å²) >= 11 is 0. The van der Waals surface area contributed by atoms with Gasteiger partial charge in [0.25, 0.3) is 10.0 Å². The molecule has 0 aliphatic heterocycles. The molecule has 5 nitrogen and oxygen atoms in total. The van der Waals surface area contributed by atoms with Crippen LogP contribution in [0, 0.1) is 17.1 Å². The third-order valence-electron chi connectivity index (χ3n) is 2.67. The Balaban J connectivity index is 2.37. The molecule has 1 N–H and O–H groups in total. The molecule has 0 radical (unpaired) electrons. The van der Waals surface area contributed by atoms with E-state index in [4.69, 9.17) is 5.26 Å². The van der Waals surface area contributed by atoms with Crippen molar-refractivity contribution in [3.8, 4) is 6.07 Å². The Morgan fingerprint density at radius 3 is 2.38 bits per heavy atom. The van der Waals surface area contributed by atoms with E-state index in [9.17, 15) is 17.6 Å². The number of rotatable bonds is 4. The van der Waals surface area contributed by atoms with Gasteiger partial charge in [0.15, 0.2) is 0 Å². The SMILES string of the molecule is N#Cc1ccc(F)c(NS(=O)(=O)c2ccc(C=O)cc2)c1. The van der Waals surface area contributed by atoms with Crippen LogP contribution in [0.5, 0.6) is 0 Å². The number of hydrogen-bond donors (Lipinski definition) is 1. The van der Waals surface area contributed by atoms with Crippen LogP contribution >= 0.6 is 0 Å². The quantitative estimate of drug-likeness (QED) is 0.878. The topological polar surface area (TPSA) is 87.0 Å². The van der Waals surface area contributed by atoms with Crippen LogP contribution in [0.25, 0.3) is 0 Å². The molecule has 0 aromatic heterocycles. The van der Waals surface area contributed by atoms with Crippen LogP contribution in [-0.2, 0) is 10.0 Å². The van der Waals surface area contributed by atoms with Crippen LogP contribution in [0.1, 0.15) is 15.9 Å². The summed E-state index contributed by atoms with van der Waals surface area (Å²) in [4.78, 5) is 10.4. The number of nitrogens with zero attached hydrogens (tertiary/aromatic N) is 1. The van der Waals surface area contributed by atoms with Crippen molar-refractivity contribution in [2.45, 2.75) is 4.90 Å². The smallest absolute Gasteiger partial charge is 0.261 e. The second-order valence-corrected chi connectivity index (χ2v) is 5.78. The van der Waals surface area contributed by atoms with Crippen molar-refractivity contribution in [2.24, 2.45) is 0 Å². The van der Waals surface area contributed by atoms with E-state index in [1.165, 1.54) is 30.3 Å². The number of benzene rings is 2. The zero-order chi connectivity index (χ0) is 15.5. The van der Waals surface area contributed by atoms with Crippen molar-refractivity contribution in [3.05, 3.63) is 59.4 Å². The Labute approximate surface area is 120 Å². The van der Waals surface area contributed by atoms with Crippen LogP contribution in [0.3, 0.4) is 0 Å². The highest BCUT2D eigenvalue weighted by molar-refractivity contribution is 7.92. The van der Waals surface area contributed by atoms with Crippen LogP contribution in [0.2, 0.25) is 0 Å². The number of sulfonamides is 1. The number of hydrogen-bond acceptors (Lipinski definition) is 4. The Hall–Kier alpha value is -2.72. The zero-order valence-electron chi connectivity index (χ0n) is 10.6. The van der Waals surface area contributed by atoms with Crippen LogP contribution in [0.4, 0.5) is 10.1 Å². The lowest BCUT2D eigenvalue weighted by Gasteiger charge is -2.09. The van der Waals surface area contributed by atoms with Crippen molar-refractivity contribution in [1.82, 2.24) is 0 Å². The Morgan fingerprint density at radius 1 is 1.14 bits per heavy atom. The fraction of sp³-hybridized carbons (Fsp3) is 0. The second-order valence-electron chi connectivity index (χ2n) is 4.10. The monoisotopic (exact) mass is 304 g/mol. The molecular weight excluding hydrogens is 295 g/mol. The van der Waals surface area contributed by atoms with E-state index in [1.54, 1.807) is 6.07 Å². The molecule has 0 heterocycles. The third kappa shape index (κ3) is 3.24. The molecule has 0 saturated carbocycles. The molecule has 0 fully saturated rings. The van der Waals surface area contributed by atoms with Crippen LogP contribution in [0.15, 0.2) is 47.4 Å². The van der Waals surface area contributed by atoms with Crippen molar-refractivity contribution in [3.63, 3.8) is 0 Å². The summed E-state index contributed by atoms with van der Waals surface area (Å²) < 4.78 is 39.9. The Morgan fingerprint density at radius 2 is 1.81 bits per heavy atom. The van der Waals surface area contributed by atoms with Gasteiger partial charge in [-0.05, 0) is 30.3 Å². The molecule has 21 heavy (non-hydrogen) atoms. The molecule has 0 unspecified atom stereocenters. The summed E-state index contributed by atoms with van der Waals surface area (Å²) in [5.74, 6) is -0.790. The van der Waals surface area contributed by atoms with Gasteiger partial charge >= 0.3 is 0 Å². The summed E-state index contributed by atoms with van der Waals surface area (Å²) in [5, 5.41) is 8.74. The number of carbonyl (C=O) groups is 1. The van der Waals surface area contributed by atoms with Gasteiger partial charge in [0.1, 0.15) is 12.1 Å². The number of anilines is 1. The Bertz CT molecular complexity index is 824. The van der Waals surface area contributed by atoms with Gasteiger partial charge < -0.3 is 0 Å². The van der Waals surface area contributed by atoms with E-state index in [2.05, 4.69) is 4.72 Å². The maximum atomic E-state index is 13.6. The average Bonchev–Trinajstić information content (AvgIpc) is 2.49. The summed E-state index contributed by atoms with van der Waals surface area (Å²) in [6.07, 6.45) is 0.583. The fourth-order valence-electron chi connectivity index (χ4n) is 1.60. The molecule has 2 rings (SSSR count). The number of halogens is 1. The highest BCUT2D eigenvalue weighted by Crippen LogP contribution is 2.20. The van der Waals surface area contributed by atoms with Gasteiger partial charge in [-0.1, -0.05) is 12.1 Å². The highest BCUT2D eigenvalue weighted by atomic mass is 32.2. The van der Waals surface area contributed by atoms with Crippen molar-refractivity contribution < 1.29 is 17.6 Å². The molecule has 0 atom stereocenters. The molecule has 2 aromatic rings. The normalized spacial score (nSPS) is 10.7. The van der Waals surface area contributed by atoms with Gasteiger partial charge in [-0.25, -0.2) is 12.8 Å². The zero-order valence-corrected chi connectivity index (χ0v) is 11.4. The number of carbonyl (C=O) groups excluding carboxylic acids is 1. The van der Waals surface area contributed by atoms with Gasteiger partial charge in [-0.2, -0.15) is 5.26 Å². The Kier molecular flexibility index (Phi) is 4.00. The molecule has 0 spiro atoms. The first kappa shape index (κ1) is 14.7. The second kappa shape index (κ2) is 5.73. The van der Waals surface area contributed by atoms with Crippen LogP contribution < -0.4 is 4.72 Å². The standard InChI is InChI=1S/C14H9FN2O3S/c15-13-6-3-11(8-16)7-14(13)17-21(19,20)12-4-1-10(9-18)2-5-12/h1-7,9,17H. The first-order valence-electron chi connectivity index (χ1n) is 5.74. The summed E-state index contributed by atoms with van der Waals surface area (Å²) in [5.41, 5.74) is 0.144. The van der Waals surface area contributed by atoms with Crippen molar-refractivity contribution >= 4 is 22.0 Å². The minimum Gasteiger partial charge on any atom is -0.298 e. The maximum Gasteiger partial charge on any atom is 0.261 e. The molecule has 0 saturated heterocycles. The lowest BCUT2D eigenvalue weighted by atomic mass is 10.2. The lowest BCUT2D eigenvalue weighted by Crippen LogP contribution is -2.14. The van der Waals surface area contributed by atoms with E-state index in [1.807, 2.05) is 0 Å². The van der Waals surface area contributed by atoms with E-state index >= 15 is 0 Å². The van der Waals surface area contributed by atoms with Crippen molar-refractivity contribution in [1.29, 1.82) is 5.26 Å². The third-order valence-corrected chi connectivity index (χ3v) is 4.05. The van der Waals surface area contributed by atoms with Gasteiger partial charge in [0.05, 0.1) is 22.2 Å². The number of nitriles is 1. The minimum atomic E-state index is -4.00. The van der Waals surface area contributed by atoms with Gasteiger partial charge in [0, 0.05) is 5.56 Å². The summed E-state index contributed by atoms with van der Waals surface area (Å²) in [6, 6.07) is 10.3. The molecule has 0 aliphatic rings. The van der Waals surface area contributed by atoms with Crippen LogP contribution in [-0.4, -0.2) is 14.7 Å². The highest BCUT2D eigenvalue weighted by Gasteiger charge is 2.16. The molecule has 106 valence electrons.